The number of rotatable bonds is 12. The Kier molecular flexibility index (Phi) is 12.8. The summed E-state index contributed by atoms with van der Waals surface area (Å²) in [6.45, 7) is 18.5. The predicted octanol–water partition coefficient (Wildman–Crippen LogP) is 4.69. The lowest BCUT2D eigenvalue weighted by molar-refractivity contribution is -0.141. The second-order valence-corrected chi connectivity index (χ2v) is 16.9. The molecule has 274 valence electrons. The summed E-state index contributed by atoms with van der Waals surface area (Å²) in [7, 11) is -4.18. The SMILES string of the molecule is CC(C)[C@H](NC(=O)OC(C)(C)C)C(=O)N1C[C@H](O)C[C@H]1C(=O)N[C@@H](COP(=O)(OC(C)(C)C)OC(C)(C)C)c1ccc(-n2cncn2)cc1. The van der Waals surface area contributed by atoms with Crippen molar-refractivity contribution < 1.29 is 42.4 Å². The number of aliphatic hydroxyl groups is 1. The zero-order chi connectivity index (χ0) is 36.9. The standard InChI is InChI=1S/C33H53N6O9P/c1-21(2)27(37-30(43)46-31(3,4)5)29(42)38-17-24(40)16-26(38)28(41)36-25(22-12-14-23(15-13-22)39-20-34-19-35-39)18-45-49(44,47-32(6,7)8)48-33(9,10)11/h12-15,19-21,24-27,40H,16-18H2,1-11H3,(H,36,41)(H,37,43)/t24-,25+,26+,27+/m1/s1. The van der Waals surface area contributed by atoms with Crippen LogP contribution in [0, 0.1) is 5.92 Å². The van der Waals surface area contributed by atoms with Gasteiger partial charge in [0.2, 0.25) is 11.8 Å². The first-order valence-corrected chi connectivity index (χ1v) is 17.8. The Morgan fingerprint density at radius 2 is 1.55 bits per heavy atom. The summed E-state index contributed by atoms with van der Waals surface area (Å²) in [4.78, 5) is 45.7. The number of phosphoric ester groups is 1. The van der Waals surface area contributed by atoms with Gasteiger partial charge in [0, 0.05) is 13.0 Å². The van der Waals surface area contributed by atoms with Gasteiger partial charge in [-0.1, -0.05) is 26.0 Å². The number of likely N-dealkylation sites (tertiary alicyclic amines) is 1. The molecule has 1 aliphatic rings. The van der Waals surface area contributed by atoms with E-state index in [2.05, 4.69) is 20.7 Å². The number of nitrogens with zero attached hydrogens (tertiary/aromatic N) is 4. The van der Waals surface area contributed by atoms with Gasteiger partial charge in [-0.05, 0) is 85.9 Å². The minimum absolute atomic E-state index is 0.0353. The third-order valence-electron chi connectivity index (χ3n) is 6.94. The van der Waals surface area contributed by atoms with Crippen molar-refractivity contribution >= 4 is 25.7 Å². The lowest BCUT2D eigenvalue weighted by Crippen LogP contribution is -2.56. The van der Waals surface area contributed by atoms with Gasteiger partial charge in [0.05, 0.1) is 35.6 Å². The number of ether oxygens (including phenoxy) is 1. The maximum atomic E-state index is 14.0. The van der Waals surface area contributed by atoms with Crippen molar-refractivity contribution in [1.82, 2.24) is 30.3 Å². The first-order chi connectivity index (χ1) is 22.5. The molecule has 1 aromatic carbocycles. The third kappa shape index (κ3) is 12.5. The van der Waals surface area contributed by atoms with Crippen LogP contribution in [0.4, 0.5) is 4.79 Å². The Morgan fingerprint density at radius 1 is 0.959 bits per heavy atom. The molecule has 16 heteroatoms. The molecule has 3 amide bonds. The number of hydrogen-bond acceptors (Lipinski definition) is 11. The second-order valence-electron chi connectivity index (χ2n) is 15.4. The van der Waals surface area contributed by atoms with Crippen molar-refractivity contribution in [2.45, 2.75) is 124 Å². The fourth-order valence-corrected chi connectivity index (χ4v) is 6.85. The lowest BCUT2D eigenvalue weighted by Gasteiger charge is -2.33. The highest BCUT2D eigenvalue weighted by Gasteiger charge is 2.44. The molecule has 0 saturated carbocycles. The minimum Gasteiger partial charge on any atom is -0.444 e. The van der Waals surface area contributed by atoms with Crippen molar-refractivity contribution in [3.8, 4) is 5.69 Å². The summed E-state index contributed by atoms with van der Waals surface area (Å²) >= 11 is 0. The number of aliphatic hydroxyl groups excluding tert-OH is 1. The van der Waals surface area contributed by atoms with Gasteiger partial charge in [-0.3, -0.25) is 23.2 Å². The van der Waals surface area contributed by atoms with E-state index in [4.69, 9.17) is 18.3 Å². The summed E-state index contributed by atoms with van der Waals surface area (Å²) in [5.41, 5.74) is -1.28. The zero-order valence-electron chi connectivity index (χ0n) is 30.4. The molecule has 1 fully saturated rings. The van der Waals surface area contributed by atoms with Gasteiger partial charge >= 0.3 is 13.9 Å². The molecule has 0 aliphatic carbocycles. The van der Waals surface area contributed by atoms with Crippen LogP contribution in [0.15, 0.2) is 36.9 Å². The molecular formula is C33H53N6O9P. The molecule has 0 spiro atoms. The van der Waals surface area contributed by atoms with Crippen molar-refractivity contribution in [1.29, 1.82) is 0 Å². The van der Waals surface area contributed by atoms with Crippen molar-refractivity contribution in [2.75, 3.05) is 13.2 Å². The van der Waals surface area contributed by atoms with E-state index in [1.165, 1.54) is 11.2 Å². The summed E-state index contributed by atoms with van der Waals surface area (Å²) < 4.78 is 38.3. The van der Waals surface area contributed by atoms with Crippen molar-refractivity contribution in [2.24, 2.45) is 5.92 Å². The van der Waals surface area contributed by atoms with E-state index in [0.717, 1.165) is 0 Å². The van der Waals surface area contributed by atoms with Crippen molar-refractivity contribution in [3.63, 3.8) is 0 Å². The van der Waals surface area contributed by atoms with E-state index < -0.39 is 66.8 Å². The van der Waals surface area contributed by atoms with E-state index in [1.54, 1.807) is 111 Å². The van der Waals surface area contributed by atoms with Crippen LogP contribution in [0.5, 0.6) is 0 Å². The number of alkyl carbamates (subject to hydrolysis) is 1. The Bertz CT molecular complexity index is 1440. The van der Waals surface area contributed by atoms with Crippen LogP contribution < -0.4 is 10.6 Å². The number of carbonyl (C=O) groups excluding carboxylic acids is 3. The van der Waals surface area contributed by atoms with E-state index >= 15 is 0 Å². The van der Waals surface area contributed by atoms with Gasteiger partial charge in [0.15, 0.2) is 0 Å². The number of amides is 3. The molecule has 1 aliphatic heterocycles. The maximum absolute atomic E-state index is 14.0. The number of phosphoric acid groups is 1. The smallest absolute Gasteiger partial charge is 0.444 e. The molecule has 2 heterocycles. The molecule has 0 unspecified atom stereocenters. The summed E-state index contributed by atoms with van der Waals surface area (Å²) in [5, 5.41) is 20.3. The van der Waals surface area contributed by atoms with Gasteiger partial charge in [-0.15, -0.1) is 0 Å². The van der Waals surface area contributed by atoms with Crippen molar-refractivity contribution in [3.05, 3.63) is 42.5 Å². The largest absolute Gasteiger partial charge is 0.475 e. The van der Waals surface area contributed by atoms with E-state index in [-0.39, 0.29) is 25.5 Å². The topological polar surface area (TPSA) is 183 Å². The van der Waals surface area contributed by atoms with Gasteiger partial charge in [-0.25, -0.2) is 19.0 Å². The summed E-state index contributed by atoms with van der Waals surface area (Å²) in [6.07, 6.45) is 1.16. The first-order valence-electron chi connectivity index (χ1n) is 16.3. The van der Waals surface area contributed by atoms with Crippen LogP contribution in [-0.4, -0.2) is 90.8 Å². The Balaban J connectivity index is 1.91. The number of nitrogens with one attached hydrogen (secondary N) is 2. The quantitative estimate of drug-likeness (QED) is 0.260. The Labute approximate surface area is 289 Å². The molecule has 3 N–H and O–H groups in total. The van der Waals surface area contributed by atoms with Crippen LogP contribution in [-0.2, 0) is 32.5 Å². The van der Waals surface area contributed by atoms with E-state index in [0.29, 0.717) is 11.3 Å². The maximum Gasteiger partial charge on any atom is 0.475 e. The number of hydrogen-bond donors (Lipinski definition) is 3. The van der Waals surface area contributed by atoms with Crippen LogP contribution in [0.3, 0.4) is 0 Å². The van der Waals surface area contributed by atoms with Crippen LogP contribution in [0.1, 0.15) is 94.2 Å². The fourth-order valence-electron chi connectivity index (χ4n) is 5.03. The molecule has 49 heavy (non-hydrogen) atoms. The molecule has 2 aromatic rings. The lowest BCUT2D eigenvalue weighted by atomic mass is 10.0. The number of carbonyl (C=O) groups is 3. The minimum atomic E-state index is -4.18. The average Bonchev–Trinajstić information content (AvgIpc) is 3.61. The van der Waals surface area contributed by atoms with Gasteiger partial charge < -0.3 is 25.4 Å². The predicted molar refractivity (Wildman–Crippen MR) is 182 cm³/mol. The Hall–Kier alpha value is -3.36. The third-order valence-corrected chi connectivity index (χ3v) is 8.94. The second kappa shape index (κ2) is 15.7. The van der Waals surface area contributed by atoms with Crippen LogP contribution >= 0.6 is 7.82 Å². The molecule has 4 atom stereocenters. The number of benzene rings is 1. The Morgan fingerprint density at radius 3 is 2.04 bits per heavy atom. The molecule has 15 nitrogen and oxygen atoms in total. The zero-order valence-corrected chi connectivity index (χ0v) is 31.3. The molecule has 1 aromatic heterocycles. The highest BCUT2D eigenvalue weighted by atomic mass is 31.2. The summed E-state index contributed by atoms with van der Waals surface area (Å²) in [6, 6.07) is 4.04. The highest BCUT2D eigenvalue weighted by molar-refractivity contribution is 7.48. The van der Waals surface area contributed by atoms with Crippen LogP contribution in [0.2, 0.25) is 0 Å². The fraction of sp³-hybridized carbons (Fsp3) is 0.667. The van der Waals surface area contributed by atoms with E-state index in [1.807, 2.05) is 0 Å². The molecule has 0 bridgehead atoms. The highest BCUT2D eigenvalue weighted by Crippen LogP contribution is 2.55. The summed E-state index contributed by atoms with van der Waals surface area (Å²) in [5.74, 6) is -1.47. The monoisotopic (exact) mass is 708 g/mol. The molecule has 3 rings (SSSR count). The molecular weight excluding hydrogens is 655 g/mol. The molecule has 1 saturated heterocycles. The van der Waals surface area contributed by atoms with Gasteiger partial charge in [0.1, 0.15) is 30.3 Å². The van der Waals surface area contributed by atoms with Crippen LogP contribution in [0.25, 0.3) is 5.69 Å². The van der Waals surface area contributed by atoms with Gasteiger partial charge in [0.25, 0.3) is 0 Å². The number of β-amino-alcohol motifs (C(OH)–C–C–N with tert-alkyl or cyclic N) is 1. The average molecular weight is 709 g/mol. The number of aromatic nitrogens is 3. The van der Waals surface area contributed by atoms with E-state index in [9.17, 15) is 24.1 Å². The van der Waals surface area contributed by atoms with Gasteiger partial charge in [-0.2, -0.15) is 5.10 Å². The normalized spacial score (nSPS) is 18.7. The molecule has 0 radical (unpaired) electrons. The first kappa shape index (κ1) is 40.1.